The molecular weight excluding hydrogens is 476 g/mol. The number of piperidine rings is 1. The molecule has 0 spiro atoms. The Bertz CT molecular complexity index is 1140. The Morgan fingerprint density at radius 1 is 0.947 bits per heavy atom. The molecule has 1 atom stereocenters. The average molecular weight is 522 g/mol. The topological polar surface area (TPSA) is 12.5 Å². The van der Waals surface area contributed by atoms with E-state index in [2.05, 4.69) is 70.0 Å². The molecule has 4 rings (SSSR count). The molecule has 0 bridgehead atoms. The van der Waals surface area contributed by atoms with Crippen molar-refractivity contribution < 1.29 is 13.5 Å². The fraction of sp³-hybridized carbons (Fsp3) is 0.529. The molecule has 38 heavy (non-hydrogen) atoms. The standard InChI is InChI=1S/C34H45F2NO/c1-7-9-21-38-30-19-18-29(31(35)32(30)36)27-16-14-25(15-17-27)24-10-12-26(13-11-24)28-22-33(3,4)37(20-8-2)34(5,6)23-28/h8,12,14-20,24,28H,7,9-11,13,21-23H2,1-6H3/b20-8+. The highest BCUT2D eigenvalue weighted by Gasteiger charge is 2.44. The van der Waals surface area contributed by atoms with Gasteiger partial charge in [-0.3, -0.25) is 0 Å². The molecule has 206 valence electrons. The van der Waals surface area contributed by atoms with Crippen LogP contribution in [0.4, 0.5) is 8.78 Å². The van der Waals surface area contributed by atoms with Crippen LogP contribution < -0.4 is 4.74 Å². The molecule has 1 aliphatic heterocycles. The smallest absolute Gasteiger partial charge is 0.201 e. The van der Waals surface area contributed by atoms with Crippen LogP contribution in [-0.4, -0.2) is 22.6 Å². The molecule has 1 heterocycles. The lowest BCUT2D eigenvalue weighted by atomic mass is 9.68. The van der Waals surface area contributed by atoms with Gasteiger partial charge in [-0.2, -0.15) is 4.39 Å². The van der Waals surface area contributed by atoms with Crippen molar-refractivity contribution >= 4 is 0 Å². The normalized spacial score (nSPS) is 21.5. The summed E-state index contributed by atoms with van der Waals surface area (Å²) in [6.07, 6.45) is 14.3. The van der Waals surface area contributed by atoms with Crippen molar-refractivity contribution in [3.8, 4) is 16.9 Å². The molecular formula is C34H45F2NO. The zero-order valence-electron chi connectivity index (χ0n) is 24.1. The third-order valence-corrected chi connectivity index (χ3v) is 8.56. The first-order valence-electron chi connectivity index (χ1n) is 14.4. The van der Waals surface area contributed by atoms with Crippen LogP contribution in [0.1, 0.15) is 98.0 Å². The van der Waals surface area contributed by atoms with Crippen LogP contribution in [0.2, 0.25) is 0 Å². The number of unbranched alkanes of at least 4 members (excludes halogenated alkanes) is 1. The van der Waals surface area contributed by atoms with E-state index in [-0.39, 0.29) is 22.4 Å². The van der Waals surface area contributed by atoms with Crippen molar-refractivity contribution in [2.75, 3.05) is 6.61 Å². The summed E-state index contributed by atoms with van der Waals surface area (Å²) in [5, 5.41) is 0. The molecule has 1 fully saturated rings. The van der Waals surface area contributed by atoms with Crippen LogP contribution in [0.15, 0.2) is 60.3 Å². The largest absolute Gasteiger partial charge is 0.490 e. The Labute approximate surface area is 228 Å². The summed E-state index contributed by atoms with van der Waals surface area (Å²) in [6.45, 7) is 14.0. The van der Waals surface area contributed by atoms with Crippen molar-refractivity contribution in [3.63, 3.8) is 0 Å². The van der Waals surface area contributed by atoms with E-state index < -0.39 is 11.6 Å². The minimum absolute atomic E-state index is 0.0135. The highest BCUT2D eigenvalue weighted by atomic mass is 19.2. The highest BCUT2D eigenvalue weighted by Crippen LogP contribution is 2.47. The summed E-state index contributed by atoms with van der Waals surface area (Å²) in [5.74, 6) is -0.677. The van der Waals surface area contributed by atoms with E-state index in [1.807, 2.05) is 19.1 Å². The third kappa shape index (κ3) is 6.00. The van der Waals surface area contributed by atoms with Crippen LogP contribution in [0.5, 0.6) is 5.75 Å². The molecule has 0 aromatic heterocycles. The Morgan fingerprint density at radius 2 is 1.63 bits per heavy atom. The fourth-order valence-electron chi connectivity index (χ4n) is 6.76. The first kappa shape index (κ1) is 28.4. The third-order valence-electron chi connectivity index (χ3n) is 8.56. The molecule has 1 unspecified atom stereocenters. The maximum Gasteiger partial charge on any atom is 0.201 e. The zero-order valence-corrected chi connectivity index (χ0v) is 24.1. The average Bonchev–Trinajstić information content (AvgIpc) is 2.89. The van der Waals surface area contributed by atoms with Crippen LogP contribution >= 0.6 is 0 Å². The Balaban J connectivity index is 1.43. The van der Waals surface area contributed by atoms with Gasteiger partial charge in [0, 0.05) is 16.6 Å². The zero-order chi connectivity index (χ0) is 27.5. The Hall–Kier alpha value is -2.62. The summed E-state index contributed by atoms with van der Waals surface area (Å²) in [6, 6.07) is 11.2. The lowest BCUT2D eigenvalue weighted by Crippen LogP contribution is -2.58. The molecule has 0 N–H and O–H groups in total. The fourth-order valence-corrected chi connectivity index (χ4v) is 6.76. The maximum atomic E-state index is 14.8. The summed E-state index contributed by atoms with van der Waals surface area (Å²) < 4.78 is 34.8. The molecule has 1 aliphatic carbocycles. The number of hydrogen-bond donors (Lipinski definition) is 0. The summed E-state index contributed by atoms with van der Waals surface area (Å²) >= 11 is 0. The van der Waals surface area contributed by atoms with Gasteiger partial charge in [-0.1, -0.05) is 55.3 Å². The number of hydrogen-bond acceptors (Lipinski definition) is 2. The molecule has 0 amide bonds. The van der Waals surface area contributed by atoms with E-state index in [0.717, 1.165) is 32.1 Å². The molecule has 1 saturated heterocycles. The van der Waals surface area contributed by atoms with Crippen molar-refractivity contribution in [2.24, 2.45) is 5.92 Å². The maximum absolute atomic E-state index is 14.8. The van der Waals surface area contributed by atoms with Gasteiger partial charge in [0.25, 0.3) is 0 Å². The molecule has 4 heteroatoms. The van der Waals surface area contributed by atoms with Gasteiger partial charge in [0.2, 0.25) is 5.82 Å². The van der Waals surface area contributed by atoms with Gasteiger partial charge in [-0.25, -0.2) is 4.39 Å². The van der Waals surface area contributed by atoms with Crippen molar-refractivity contribution in [2.45, 2.75) is 103 Å². The molecule has 0 radical (unpaired) electrons. The lowest BCUT2D eigenvalue weighted by molar-refractivity contribution is -0.00354. The second-order valence-corrected chi connectivity index (χ2v) is 12.4. The van der Waals surface area contributed by atoms with Gasteiger partial charge in [0.15, 0.2) is 11.6 Å². The number of likely N-dealkylation sites (tertiary alicyclic amines) is 1. The lowest BCUT2D eigenvalue weighted by Gasteiger charge is -2.56. The van der Waals surface area contributed by atoms with Gasteiger partial charge in [0.1, 0.15) is 0 Å². The molecule has 2 aliphatic rings. The first-order valence-corrected chi connectivity index (χ1v) is 14.4. The number of nitrogens with zero attached hydrogens (tertiary/aromatic N) is 1. The summed E-state index contributed by atoms with van der Waals surface area (Å²) in [5.41, 5.74) is 4.11. The van der Waals surface area contributed by atoms with E-state index in [4.69, 9.17) is 4.74 Å². The minimum atomic E-state index is -0.907. The number of ether oxygens (including phenoxy) is 1. The summed E-state index contributed by atoms with van der Waals surface area (Å²) in [4.78, 5) is 2.55. The molecule has 0 saturated carbocycles. The predicted octanol–water partition coefficient (Wildman–Crippen LogP) is 9.81. The molecule has 2 aromatic carbocycles. The van der Waals surface area contributed by atoms with E-state index >= 15 is 0 Å². The van der Waals surface area contributed by atoms with Crippen molar-refractivity contribution in [1.82, 2.24) is 4.90 Å². The highest BCUT2D eigenvalue weighted by molar-refractivity contribution is 5.65. The van der Waals surface area contributed by atoms with E-state index in [0.29, 0.717) is 24.0 Å². The first-order chi connectivity index (χ1) is 18.1. The van der Waals surface area contributed by atoms with Gasteiger partial charge in [-0.05, 0) is 114 Å². The predicted molar refractivity (Wildman–Crippen MR) is 154 cm³/mol. The minimum Gasteiger partial charge on any atom is -0.490 e. The quantitative estimate of drug-likeness (QED) is 0.253. The number of benzene rings is 2. The monoisotopic (exact) mass is 521 g/mol. The number of rotatable bonds is 8. The Morgan fingerprint density at radius 3 is 2.21 bits per heavy atom. The second-order valence-electron chi connectivity index (χ2n) is 12.4. The SMILES string of the molecule is C/C=C/N1C(C)(C)CC(C2=CCC(c3ccc(-c4ccc(OCCCC)c(F)c4F)cc3)CC2)CC1(C)C. The van der Waals surface area contributed by atoms with Crippen molar-refractivity contribution in [3.05, 3.63) is 77.5 Å². The number of allylic oxidation sites excluding steroid dienone is 3. The Kier molecular flexibility index (Phi) is 8.69. The van der Waals surface area contributed by atoms with Crippen molar-refractivity contribution in [1.29, 1.82) is 0 Å². The summed E-state index contributed by atoms with van der Waals surface area (Å²) in [7, 11) is 0. The molecule has 2 aromatic rings. The second kappa shape index (κ2) is 11.6. The molecule has 2 nitrogen and oxygen atoms in total. The van der Waals surface area contributed by atoms with Gasteiger partial charge >= 0.3 is 0 Å². The van der Waals surface area contributed by atoms with Gasteiger partial charge in [0.05, 0.1) is 6.61 Å². The van der Waals surface area contributed by atoms with Crippen LogP contribution in [-0.2, 0) is 0 Å². The van der Waals surface area contributed by atoms with E-state index in [1.165, 1.54) is 24.5 Å². The van der Waals surface area contributed by atoms with Gasteiger partial charge < -0.3 is 9.64 Å². The van der Waals surface area contributed by atoms with Crippen LogP contribution in [0.25, 0.3) is 11.1 Å². The van der Waals surface area contributed by atoms with Crippen LogP contribution in [0.3, 0.4) is 0 Å². The van der Waals surface area contributed by atoms with E-state index in [1.54, 1.807) is 11.6 Å². The number of halogens is 2. The van der Waals surface area contributed by atoms with E-state index in [9.17, 15) is 8.78 Å². The van der Waals surface area contributed by atoms with Gasteiger partial charge in [-0.15, -0.1) is 0 Å². The van der Waals surface area contributed by atoms with Crippen LogP contribution in [0, 0.1) is 17.6 Å².